The van der Waals surface area contributed by atoms with E-state index in [1.807, 2.05) is 31.2 Å². The maximum absolute atomic E-state index is 12.1. The summed E-state index contributed by atoms with van der Waals surface area (Å²) in [5, 5.41) is 3.05. The monoisotopic (exact) mass is 267 g/mol. The molecule has 1 N–H and O–H groups in total. The first kappa shape index (κ1) is 13.4. The highest BCUT2D eigenvalue weighted by Gasteiger charge is 2.21. The molecule has 1 fully saturated rings. The number of halogens is 1. The van der Waals surface area contributed by atoms with Gasteiger partial charge in [0.25, 0.3) is 5.91 Å². The second-order valence-electron chi connectivity index (χ2n) is 4.71. The van der Waals surface area contributed by atoms with Gasteiger partial charge in [-0.05, 0) is 37.5 Å². The van der Waals surface area contributed by atoms with Gasteiger partial charge in [0.1, 0.15) is 0 Å². The van der Waals surface area contributed by atoms with Gasteiger partial charge in [-0.15, -0.1) is 11.6 Å². The van der Waals surface area contributed by atoms with Crippen LogP contribution in [0.15, 0.2) is 24.3 Å². The van der Waals surface area contributed by atoms with Gasteiger partial charge < -0.3 is 10.1 Å². The summed E-state index contributed by atoms with van der Waals surface area (Å²) in [7, 11) is 0. The molecule has 0 spiro atoms. The van der Waals surface area contributed by atoms with E-state index in [0.29, 0.717) is 18.1 Å². The first-order valence-electron chi connectivity index (χ1n) is 6.26. The Bertz CT molecular complexity index is 422. The second kappa shape index (κ2) is 6.21. The van der Waals surface area contributed by atoms with E-state index in [-0.39, 0.29) is 18.1 Å². The third-order valence-electron chi connectivity index (χ3n) is 3.16. The van der Waals surface area contributed by atoms with Gasteiger partial charge in [-0.1, -0.05) is 12.1 Å². The van der Waals surface area contributed by atoms with E-state index in [1.54, 1.807) is 0 Å². The summed E-state index contributed by atoms with van der Waals surface area (Å²) in [5.41, 5.74) is 1.64. The lowest BCUT2D eigenvalue weighted by Gasteiger charge is -2.28. The van der Waals surface area contributed by atoms with E-state index < -0.39 is 0 Å². The fourth-order valence-electron chi connectivity index (χ4n) is 2.19. The topological polar surface area (TPSA) is 38.3 Å². The third-order valence-corrected chi connectivity index (χ3v) is 3.47. The van der Waals surface area contributed by atoms with Crippen molar-refractivity contribution < 1.29 is 9.53 Å². The van der Waals surface area contributed by atoms with Crippen molar-refractivity contribution in [2.24, 2.45) is 0 Å². The van der Waals surface area contributed by atoms with E-state index in [2.05, 4.69) is 5.32 Å². The summed E-state index contributed by atoms with van der Waals surface area (Å²) in [6, 6.07) is 7.64. The summed E-state index contributed by atoms with van der Waals surface area (Å²) < 4.78 is 5.46. The smallest absolute Gasteiger partial charge is 0.251 e. The van der Waals surface area contributed by atoms with Crippen LogP contribution in [-0.2, 0) is 10.6 Å². The molecule has 4 heteroatoms. The zero-order valence-corrected chi connectivity index (χ0v) is 11.2. The Morgan fingerprint density at radius 1 is 1.56 bits per heavy atom. The Labute approximate surface area is 112 Å². The lowest BCUT2D eigenvalue weighted by atomic mass is 10.0. The van der Waals surface area contributed by atoms with Crippen molar-refractivity contribution in [1.82, 2.24) is 5.32 Å². The van der Waals surface area contributed by atoms with E-state index in [9.17, 15) is 4.79 Å². The van der Waals surface area contributed by atoms with Crippen molar-refractivity contribution in [2.45, 2.75) is 37.8 Å². The Morgan fingerprint density at radius 2 is 2.39 bits per heavy atom. The Balaban J connectivity index is 1.98. The molecule has 2 rings (SSSR count). The van der Waals surface area contributed by atoms with Gasteiger partial charge in [-0.3, -0.25) is 4.79 Å². The molecule has 1 aliphatic rings. The van der Waals surface area contributed by atoms with Crippen molar-refractivity contribution in [3.63, 3.8) is 0 Å². The average molecular weight is 268 g/mol. The number of ether oxygens (including phenoxy) is 1. The van der Waals surface area contributed by atoms with Crippen molar-refractivity contribution in [3.8, 4) is 0 Å². The van der Waals surface area contributed by atoms with Crippen molar-refractivity contribution in [2.75, 3.05) is 6.61 Å². The zero-order chi connectivity index (χ0) is 13.0. The number of carbonyl (C=O) groups is 1. The molecule has 18 heavy (non-hydrogen) atoms. The molecule has 2 atom stereocenters. The highest BCUT2D eigenvalue weighted by Crippen LogP contribution is 2.14. The van der Waals surface area contributed by atoms with Crippen LogP contribution >= 0.6 is 11.6 Å². The molecule has 0 bridgehead atoms. The minimum atomic E-state index is -0.0268. The third kappa shape index (κ3) is 3.47. The Morgan fingerprint density at radius 3 is 3.11 bits per heavy atom. The molecule has 1 heterocycles. The molecular formula is C14H18ClNO2. The standard InChI is InChI=1S/C14H18ClNO2/c1-10-7-13(5-6-18-10)16-14(17)12-4-2-3-11(8-12)9-15/h2-4,8,10,13H,5-7,9H2,1H3,(H,16,17). The van der Waals surface area contributed by atoms with E-state index >= 15 is 0 Å². The fraction of sp³-hybridized carbons (Fsp3) is 0.500. The summed E-state index contributed by atoms with van der Waals surface area (Å²) in [5.74, 6) is 0.399. The number of benzene rings is 1. The number of amides is 1. The van der Waals surface area contributed by atoms with Crippen LogP contribution in [0.4, 0.5) is 0 Å². The molecule has 1 aliphatic heterocycles. The zero-order valence-electron chi connectivity index (χ0n) is 10.5. The molecule has 0 aromatic heterocycles. The van der Waals surface area contributed by atoms with Gasteiger partial charge in [-0.2, -0.15) is 0 Å². The molecule has 1 saturated heterocycles. The summed E-state index contributed by atoms with van der Waals surface area (Å²) in [4.78, 5) is 12.1. The largest absolute Gasteiger partial charge is 0.378 e. The number of hydrogen-bond acceptors (Lipinski definition) is 2. The number of alkyl halides is 1. The fourth-order valence-corrected chi connectivity index (χ4v) is 2.36. The second-order valence-corrected chi connectivity index (χ2v) is 4.98. The van der Waals surface area contributed by atoms with Crippen LogP contribution in [-0.4, -0.2) is 24.7 Å². The van der Waals surface area contributed by atoms with E-state index in [4.69, 9.17) is 16.3 Å². The first-order valence-corrected chi connectivity index (χ1v) is 6.80. The van der Waals surface area contributed by atoms with Crippen LogP contribution in [0.1, 0.15) is 35.7 Å². The highest BCUT2D eigenvalue weighted by molar-refractivity contribution is 6.17. The predicted octanol–water partition coefficient (Wildman–Crippen LogP) is 2.72. The molecule has 98 valence electrons. The van der Waals surface area contributed by atoms with Crippen molar-refractivity contribution in [1.29, 1.82) is 0 Å². The minimum Gasteiger partial charge on any atom is -0.378 e. The minimum absolute atomic E-state index is 0.0268. The molecule has 0 saturated carbocycles. The molecule has 2 unspecified atom stereocenters. The van der Waals surface area contributed by atoms with Gasteiger partial charge in [0.2, 0.25) is 0 Å². The molecular weight excluding hydrogens is 250 g/mol. The maximum atomic E-state index is 12.1. The van der Waals surface area contributed by atoms with Crippen LogP contribution in [0, 0.1) is 0 Å². The van der Waals surface area contributed by atoms with E-state index in [0.717, 1.165) is 18.4 Å². The number of carbonyl (C=O) groups excluding carboxylic acids is 1. The van der Waals surface area contributed by atoms with Gasteiger partial charge in [0.15, 0.2) is 0 Å². The number of nitrogens with one attached hydrogen (secondary N) is 1. The van der Waals surface area contributed by atoms with Gasteiger partial charge >= 0.3 is 0 Å². The quantitative estimate of drug-likeness (QED) is 0.855. The Kier molecular flexibility index (Phi) is 4.61. The van der Waals surface area contributed by atoms with Gasteiger partial charge in [0.05, 0.1) is 6.10 Å². The molecule has 3 nitrogen and oxygen atoms in total. The van der Waals surface area contributed by atoms with Crippen LogP contribution in [0.25, 0.3) is 0 Å². The van der Waals surface area contributed by atoms with Crippen molar-refractivity contribution >= 4 is 17.5 Å². The van der Waals surface area contributed by atoms with Crippen LogP contribution in [0.3, 0.4) is 0 Å². The number of hydrogen-bond donors (Lipinski definition) is 1. The van der Waals surface area contributed by atoms with Crippen molar-refractivity contribution in [3.05, 3.63) is 35.4 Å². The average Bonchev–Trinajstić information content (AvgIpc) is 2.39. The van der Waals surface area contributed by atoms with Crippen LogP contribution < -0.4 is 5.32 Å². The Hall–Kier alpha value is -1.06. The molecule has 1 amide bonds. The van der Waals surface area contributed by atoms with Crippen LogP contribution in [0.5, 0.6) is 0 Å². The SMILES string of the molecule is CC1CC(NC(=O)c2cccc(CCl)c2)CCO1. The van der Waals surface area contributed by atoms with Gasteiger partial charge in [0, 0.05) is 24.1 Å². The summed E-state index contributed by atoms with van der Waals surface area (Å²) in [6.45, 7) is 2.75. The summed E-state index contributed by atoms with van der Waals surface area (Å²) in [6.07, 6.45) is 1.98. The lowest BCUT2D eigenvalue weighted by molar-refractivity contribution is 0.0136. The molecule has 0 radical (unpaired) electrons. The predicted molar refractivity (Wildman–Crippen MR) is 71.9 cm³/mol. The van der Waals surface area contributed by atoms with Crippen LogP contribution in [0.2, 0.25) is 0 Å². The number of rotatable bonds is 3. The molecule has 1 aromatic rings. The highest BCUT2D eigenvalue weighted by atomic mass is 35.5. The van der Waals surface area contributed by atoms with E-state index in [1.165, 1.54) is 0 Å². The maximum Gasteiger partial charge on any atom is 0.251 e. The lowest BCUT2D eigenvalue weighted by Crippen LogP contribution is -2.41. The molecule has 0 aliphatic carbocycles. The molecule has 1 aromatic carbocycles. The first-order chi connectivity index (χ1) is 8.69. The van der Waals surface area contributed by atoms with Gasteiger partial charge in [-0.25, -0.2) is 0 Å². The normalized spacial score (nSPS) is 23.7. The summed E-state index contributed by atoms with van der Waals surface area (Å²) >= 11 is 5.77.